The minimum absolute atomic E-state index is 0.0407. The van der Waals surface area contributed by atoms with Gasteiger partial charge >= 0.3 is 0 Å². The average Bonchev–Trinajstić information content (AvgIpc) is 3.02. The fraction of sp³-hybridized carbons (Fsp3) is 0.143. The zero-order valence-electron chi connectivity index (χ0n) is 11.4. The number of hydrogen-bond donors (Lipinski definition) is 2. The molecule has 1 heterocycles. The Labute approximate surface area is 130 Å². The lowest BCUT2D eigenvalue weighted by molar-refractivity contribution is -0.384. The molecule has 0 aliphatic carbocycles. The zero-order valence-corrected chi connectivity index (χ0v) is 12.3. The van der Waals surface area contributed by atoms with Gasteiger partial charge in [0.25, 0.3) is 11.6 Å². The molecule has 1 aromatic heterocycles. The number of carbonyl (C=O) groups is 2. The van der Waals surface area contributed by atoms with Gasteiger partial charge in [-0.2, -0.15) is 11.3 Å². The van der Waals surface area contributed by atoms with Gasteiger partial charge in [0.05, 0.1) is 4.92 Å². The highest BCUT2D eigenvalue weighted by atomic mass is 32.1. The lowest BCUT2D eigenvalue weighted by Gasteiger charge is -2.06. The van der Waals surface area contributed by atoms with Crippen LogP contribution in [0.4, 0.5) is 11.4 Å². The van der Waals surface area contributed by atoms with Crippen LogP contribution in [0.25, 0.3) is 0 Å². The van der Waals surface area contributed by atoms with E-state index >= 15 is 0 Å². The summed E-state index contributed by atoms with van der Waals surface area (Å²) < 4.78 is 0. The third-order valence-corrected chi connectivity index (χ3v) is 3.47. The average molecular weight is 319 g/mol. The fourth-order valence-corrected chi connectivity index (χ4v) is 2.31. The molecule has 0 saturated heterocycles. The molecule has 0 spiro atoms. The van der Waals surface area contributed by atoms with E-state index in [0.717, 1.165) is 0 Å². The molecule has 0 bridgehead atoms. The van der Waals surface area contributed by atoms with Crippen molar-refractivity contribution in [3.8, 4) is 0 Å². The van der Waals surface area contributed by atoms with Crippen LogP contribution in [0, 0.1) is 10.1 Å². The number of nitrogens with one attached hydrogen (secondary N) is 2. The smallest absolute Gasteiger partial charge is 0.269 e. The van der Waals surface area contributed by atoms with Crippen LogP contribution >= 0.6 is 11.3 Å². The van der Waals surface area contributed by atoms with Gasteiger partial charge in [-0.25, -0.2) is 0 Å². The molecule has 2 amide bonds. The molecule has 0 aliphatic rings. The minimum atomic E-state index is -0.508. The highest BCUT2D eigenvalue weighted by Crippen LogP contribution is 2.15. The van der Waals surface area contributed by atoms with Crippen molar-refractivity contribution in [2.24, 2.45) is 0 Å². The van der Waals surface area contributed by atoms with Crippen LogP contribution in [0.5, 0.6) is 0 Å². The Balaban J connectivity index is 1.76. The first-order valence-electron chi connectivity index (χ1n) is 6.41. The predicted octanol–water partition coefficient (Wildman–Crippen LogP) is 2.41. The van der Waals surface area contributed by atoms with Gasteiger partial charge in [-0.05, 0) is 23.6 Å². The normalized spacial score (nSPS) is 10.0. The van der Waals surface area contributed by atoms with Crippen molar-refractivity contribution in [1.82, 2.24) is 5.32 Å². The molecule has 0 unspecified atom stereocenters. The van der Waals surface area contributed by atoms with Crippen LogP contribution in [-0.2, 0) is 4.79 Å². The van der Waals surface area contributed by atoms with Gasteiger partial charge in [0, 0.05) is 41.7 Å². The molecule has 0 radical (unpaired) electrons. The Morgan fingerprint density at radius 1 is 1.18 bits per heavy atom. The van der Waals surface area contributed by atoms with E-state index in [0.29, 0.717) is 11.3 Å². The maximum atomic E-state index is 11.7. The molecule has 8 heteroatoms. The molecule has 2 aromatic rings. The molecule has 7 nitrogen and oxygen atoms in total. The molecule has 2 rings (SSSR count). The van der Waals surface area contributed by atoms with Crippen molar-refractivity contribution in [3.05, 3.63) is 56.8 Å². The Kier molecular flexibility index (Phi) is 5.21. The summed E-state index contributed by atoms with van der Waals surface area (Å²) in [4.78, 5) is 33.4. The van der Waals surface area contributed by atoms with E-state index in [-0.39, 0.29) is 30.5 Å². The summed E-state index contributed by atoms with van der Waals surface area (Å²) in [7, 11) is 0. The first kappa shape index (κ1) is 15.6. The Morgan fingerprint density at radius 2 is 1.91 bits per heavy atom. The molecular formula is C14H13N3O4S. The minimum Gasteiger partial charge on any atom is -0.351 e. The molecular weight excluding hydrogens is 306 g/mol. The lowest BCUT2D eigenvalue weighted by atomic mass is 10.2. The Morgan fingerprint density at radius 3 is 2.50 bits per heavy atom. The third-order valence-electron chi connectivity index (χ3n) is 2.78. The molecule has 2 N–H and O–H groups in total. The second-order valence-electron chi connectivity index (χ2n) is 4.37. The van der Waals surface area contributed by atoms with E-state index in [4.69, 9.17) is 0 Å². The summed E-state index contributed by atoms with van der Waals surface area (Å²) in [6.45, 7) is 0.216. The summed E-state index contributed by atoms with van der Waals surface area (Å²) >= 11 is 1.42. The number of thiophene rings is 1. The Bertz CT molecular complexity index is 668. The summed E-state index contributed by atoms with van der Waals surface area (Å²) in [6.07, 6.45) is 0.118. The number of nitrogens with zero attached hydrogens (tertiary/aromatic N) is 1. The molecule has 0 aliphatic heterocycles. The van der Waals surface area contributed by atoms with Gasteiger partial charge < -0.3 is 10.6 Å². The van der Waals surface area contributed by atoms with E-state index in [1.165, 1.54) is 35.6 Å². The van der Waals surface area contributed by atoms with Crippen molar-refractivity contribution in [2.45, 2.75) is 6.42 Å². The van der Waals surface area contributed by atoms with E-state index in [1.54, 1.807) is 16.8 Å². The van der Waals surface area contributed by atoms with Crippen LogP contribution in [-0.4, -0.2) is 23.3 Å². The van der Waals surface area contributed by atoms with Crippen LogP contribution in [0.3, 0.4) is 0 Å². The van der Waals surface area contributed by atoms with Gasteiger partial charge in [-0.3, -0.25) is 19.7 Å². The highest BCUT2D eigenvalue weighted by molar-refractivity contribution is 7.08. The van der Waals surface area contributed by atoms with Crippen molar-refractivity contribution in [1.29, 1.82) is 0 Å². The number of benzene rings is 1. The van der Waals surface area contributed by atoms with Gasteiger partial charge in [0.15, 0.2) is 0 Å². The van der Waals surface area contributed by atoms with E-state index in [2.05, 4.69) is 10.6 Å². The second kappa shape index (κ2) is 7.32. The number of rotatable bonds is 6. The number of hydrogen-bond acceptors (Lipinski definition) is 5. The lowest BCUT2D eigenvalue weighted by Crippen LogP contribution is -2.27. The van der Waals surface area contributed by atoms with Crippen LogP contribution in [0.1, 0.15) is 16.8 Å². The number of carbonyl (C=O) groups excluding carboxylic acids is 2. The maximum absolute atomic E-state index is 11.7. The monoisotopic (exact) mass is 319 g/mol. The molecule has 0 fully saturated rings. The molecule has 0 saturated carbocycles. The molecule has 1 aromatic carbocycles. The van der Waals surface area contributed by atoms with Gasteiger partial charge in [-0.15, -0.1) is 0 Å². The fourth-order valence-electron chi connectivity index (χ4n) is 1.68. The third kappa shape index (κ3) is 4.38. The summed E-state index contributed by atoms with van der Waals surface area (Å²) in [5.74, 6) is -0.496. The number of anilines is 1. The predicted molar refractivity (Wildman–Crippen MR) is 83.0 cm³/mol. The maximum Gasteiger partial charge on any atom is 0.269 e. The highest BCUT2D eigenvalue weighted by Gasteiger charge is 2.08. The molecule has 114 valence electrons. The van der Waals surface area contributed by atoms with Crippen molar-refractivity contribution >= 4 is 34.5 Å². The van der Waals surface area contributed by atoms with Crippen molar-refractivity contribution in [2.75, 3.05) is 11.9 Å². The van der Waals surface area contributed by atoms with E-state index < -0.39 is 4.92 Å². The van der Waals surface area contributed by atoms with Crippen LogP contribution in [0.15, 0.2) is 41.1 Å². The Hall–Kier alpha value is -2.74. The van der Waals surface area contributed by atoms with Gasteiger partial charge in [0.2, 0.25) is 5.91 Å². The molecule has 0 atom stereocenters. The number of nitro benzene ring substituents is 1. The van der Waals surface area contributed by atoms with Crippen LogP contribution in [0.2, 0.25) is 0 Å². The second-order valence-corrected chi connectivity index (χ2v) is 5.15. The van der Waals surface area contributed by atoms with E-state index in [1.807, 2.05) is 0 Å². The summed E-state index contributed by atoms with van der Waals surface area (Å²) in [5.41, 5.74) is 1.00. The van der Waals surface area contributed by atoms with Gasteiger partial charge in [0.1, 0.15) is 0 Å². The quantitative estimate of drug-likeness (QED) is 0.630. The number of nitro groups is 1. The summed E-state index contributed by atoms with van der Waals surface area (Å²) in [5, 5.41) is 19.3. The first-order chi connectivity index (χ1) is 10.6. The topological polar surface area (TPSA) is 101 Å². The summed E-state index contributed by atoms with van der Waals surface area (Å²) in [6, 6.07) is 7.25. The zero-order chi connectivity index (χ0) is 15.9. The van der Waals surface area contributed by atoms with Crippen molar-refractivity contribution in [3.63, 3.8) is 0 Å². The molecule has 22 heavy (non-hydrogen) atoms. The largest absolute Gasteiger partial charge is 0.351 e. The van der Waals surface area contributed by atoms with Gasteiger partial charge in [-0.1, -0.05) is 0 Å². The number of amides is 2. The van der Waals surface area contributed by atoms with E-state index in [9.17, 15) is 19.7 Å². The standard InChI is InChI=1S/C14H13N3O4S/c18-13(5-7-15-14(19)10-6-8-22-9-10)16-11-1-3-12(4-2-11)17(20)21/h1-4,6,8-9H,5,7H2,(H,15,19)(H,16,18). The first-order valence-corrected chi connectivity index (χ1v) is 7.35. The number of non-ortho nitro benzene ring substituents is 1. The SMILES string of the molecule is O=C(CCNC(=O)c1ccsc1)Nc1ccc([N+](=O)[O-])cc1. The van der Waals surface area contributed by atoms with Crippen molar-refractivity contribution < 1.29 is 14.5 Å². The van der Waals surface area contributed by atoms with Crippen LogP contribution < -0.4 is 10.6 Å².